The second-order valence-electron chi connectivity index (χ2n) is 4.10. The number of hydrogen-bond donors (Lipinski definition) is 1. The van der Waals surface area contributed by atoms with Gasteiger partial charge in [0.1, 0.15) is 5.75 Å². The number of carboxylic acids is 1. The Bertz CT molecular complexity index is 595. The number of aliphatic carboxylic acids is 1. The Balaban J connectivity index is 2.19. The number of carboxylic acid groups (broad SMARTS) is 1. The number of hydrogen-bond acceptors (Lipinski definition) is 3. The topological polar surface area (TPSA) is 55.8 Å². The molecular formula is C15H13BrO4. The summed E-state index contributed by atoms with van der Waals surface area (Å²) in [4.78, 5) is 10.8. The molecule has 2 rings (SSSR count). The number of carbonyl (C=O) groups is 1. The Morgan fingerprint density at radius 1 is 1.10 bits per heavy atom. The van der Waals surface area contributed by atoms with Crippen LogP contribution in [0.15, 0.2) is 53.0 Å². The van der Waals surface area contributed by atoms with Crippen LogP contribution in [-0.2, 0) is 4.79 Å². The standard InChI is InChI=1S/C15H13BrO4/c1-10(15(17)18)19-13-4-2-3-5-14(13)20-12-8-6-11(16)7-9-12/h2-10H,1H3,(H,17,18). The first kappa shape index (κ1) is 14.4. The first-order chi connectivity index (χ1) is 9.56. The van der Waals surface area contributed by atoms with Crippen LogP contribution >= 0.6 is 15.9 Å². The summed E-state index contributed by atoms with van der Waals surface area (Å²) in [5.74, 6) is 0.490. The average molecular weight is 337 g/mol. The molecule has 0 radical (unpaired) electrons. The van der Waals surface area contributed by atoms with E-state index >= 15 is 0 Å². The van der Waals surface area contributed by atoms with E-state index in [0.29, 0.717) is 17.2 Å². The minimum atomic E-state index is -1.02. The fourth-order valence-electron chi connectivity index (χ4n) is 1.50. The molecule has 0 amide bonds. The Kier molecular flexibility index (Phi) is 4.63. The molecule has 1 atom stereocenters. The third-order valence-corrected chi connectivity index (χ3v) is 3.07. The van der Waals surface area contributed by atoms with Crippen molar-refractivity contribution in [3.63, 3.8) is 0 Å². The SMILES string of the molecule is CC(Oc1ccccc1Oc1ccc(Br)cc1)C(=O)O. The predicted molar refractivity (Wildman–Crippen MR) is 78.4 cm³/mol. The van der Waals surface area contributed by atoms with Gasteiger partial charge in [0.25, 0.3) is 0 Å². The highest BCUT2D eigenvalue weighted by Crippen LogP contribution is 2.32. The molecule has 20 heavy (non-hydrogen) atoms. The summed E-state index contributed by atoms with van der Waals surface area (Å²) in [7, 11) is 0. The Hall–Kier alpha value is -2.01. The minimum absolute atomic E-state index is 0.394. The van der Waals surface area contributed by atoms with Crippen LogP contribution in [0.3, 0.4) is 0 Å². The van der Waals surface area contributed by atoms with E-state index in [1.54, 1.807) is 24.3 Å². The fourth-order valence-corrected chi connectivity index (χ4v) is 1.77. The van der Waals surface area contributed by atoms with Gasteiger partial charge in [-0.1, -0.05) is 28.1 Å². The Labute approximate surface area is 125 Å². The van der Waals surface area contributed by atoms with E-state index in [1.807, 2.05) is 24.3 Å². The van der Waals surface area contributed by atoms with Gasteiger partial charge in [0.15, 0.2) is 17.6 Å². The van der Waals surface area contributed by atoms with Crippen molar-refractivity contribution in [2.45, 2.75) is 13.0 Å². The van der Waals surface area contributed by atoms with Crippen LogP contribution in [0.25, 0.3) is 0 Å². The highest BCUT2D eigenvalue weighted by molar-refractivity contribution is 9.10. The molecule has 0 aliphatic rings. The Morgan fingerprint density at radius 3 is 2.30 bits per heavy atom. The van der Waals surface area contributed by atoms with Crippen LogP contribution in [0.2, 0.25) is 0 Å². The van der Waals surface area contributed by atoms with Gasteiger partial charge in [-0.25, -0.2) is 4.79 Å². The fraction of sp³-hybridized carbons (Fsp3) is 0.133. The molecule has 1 unspecified atom stereocenters. The quantitative estimate of drug-likeness (QED) is 0.893. The van der Waals surface area contributed by atoms with E-state index in [0.717, 1.165) is 4.47 Å². The van der Waals surface area contributed by atoms with E-state index in [-0.39, 0.29) is 0 Å². The molecule has 2 aromatic carbocycles. The van der Waals surface area contributed by atoms with Crippen molar-refractivity contribution >= 4 is 21.9 Å². The maximum atomic E-state index is 10.8. The lowest BCUT2D eigenvalue weighted by Crippen LogP contribution is -2.23. The van der Waals surface area contributed by atoms with E-state index in [4.69, 9.17) is 14.6 Å². The van der Waals surface area contributed by atoms with Gasteiger partial charge in [-0.15, -0.1) is 0 Å². The molecule has 5 heteroatoms. The summed E-state index contributed by atoms with van der Waals surface area (Å²) >= 11 is 3.35. The molecule has 104 valence electrons. The molecule has 0 aliphatic heterocycles. The maximum absolute atomic E-state index is 10.8. The van der Waals surface area contributed by atoms with E-state index in [9.17, 15) is 4.79 Å². The molecule has 0 saturated heterocycles. The second-order valence-corrected chi connectivity index (χ2v) is 5.02. The van der Waals surface area contributed by atoms with Crippen molar-refractivity contribution in [3.05, 3.63) is 53.0 Å². The van der Waals surface area contributed by atoms with Gasteiger partial charge < -0.3 is 14.6 Å². The molecule has 2 aromatic rings. The molecule has 0 bridgehead atoms. The third-order valence-electron chi connectivity index (χ3n) is 2.54. The van der Waals surface area contributed by atoms with Crippen molar-refractivity contribution in [3.8, 4) is 17.2 Å². The van der Waals surface area contributed by atoms with E-state index in [1.165, 1.54) is 6.92 Å². The zero-order valence-electron chi connectivity index (χ0n) is 10.7. The van der Waals surface area contributed by atoms with Crippen LogP contribution in [0, 0.1) is 0 Å². The van der Waals surface area contributed by atoms with Crippen LogP contribution in [0.4, 0.5) is 0 Å². The Morgan fingerprint density at radius 2 is 1.70 bits per heavy atom. The molecule has 0 aliphatic carbocycles. The lowest BCUT2D eigenvalue weighted by atomic mass is 10.3. The van der Waals surface area contributed by atoms with Crippen molar-refractivity contribution in [1.29, 1.82) is 0 Å². The van der Waals surface area contributed by atoms with Crippen LogP contribution < -0.4 is 9.47 Å². The normalized spacial score (nSPS) is 11.7. The van der Waals surface area contributed by atoms with Crippen LogP contribution in [0.5, 0.6) is 17.2 Å². The second kappa shape index (κ2) is 6.43. The number of para-hydroxylation sites is 2. The molecule has 0 saturated carbocycles. The van der Waals surface area contributed by atoms with Gasteiger partial charge in [0, 0.05) is 4.47 Å². The summed E-state index contributed by atoms with van der Waals surface area (Å²) in [6, 6.07) is 14.3. The third kappa shape index (κ3) is 3.74. The molecule has 0 aromatic heterocycles. The highest BCUT2D eigenvalue weighted by atomic mass is 79.9. The lowest BCUT2D eigenvalue weighted by Gasteiger charge is -2.14. The summed E-state index contributed by atoms with van der Waals surface area (Å²) in [6.07, 6.45) is -0.940. The first-order valence-corrected chi connectivity index (χ1v) is 6.77. The maximum Gasteiger partial charge on any atom is 0.344 e. The number of halogens is 1. The highest BCUT2D eigenvalue weighted by Gasteiger charge is 2.15. The lowest BCUT2D eigenvalue weighted by molar-refractivity contribution is -0.144. The molecule has 0 heterocycles. The summed E-state index contributed by atoms with van der Waals surface area (Å²) in [5, 5.41) is 8.88. The summed E-state index contributed by atoms with van der Waals surface area (Å²) < 4.78 is 12.0. The van der Waals surface area contributed by atoms with E-state index in [2.05, 4.69) is 15.9 Å². The number of ether oxygens (including phenoxy) is 2. The van der Waals surface area contributed by atoms with Crippen molar-refractivity contribution in [2.24, 2.45) is 0 Å². The van der Waals surface area contributed by atoms with Gasteiger partial charge in [0.05, 0.1) is 0 Å². The van der Waals surface area contributed by atoms with Crippen molar-refractivity contribution in [2.75, 3.05) is 0 Å². The van der Waals surface area contributed by atoms with Gasteiger partial charge >= 0.3 is 5.97 Å². The average Bonchev–Trinajstić information content (AvgIpc) is 2.43. The zero-order valence-corrected chi connectivity index (χ0v) is 12.3. The van der Waals surface area contributed by atoms with Crippen molar-refractivity contribution in [1.82, 2.24) is 0 Å². The van der Waals surface area contributed by atoms with Crippen LogP contribution in [-0.4, -0.2) is 17.2 Å². The summed E-state index contributed by atoms with van der Waals surface area (Å²) in [5.41, 5.74) is 0. The van der Waals surface area contributed by atoms with E-state index < -0.39 is 12.1 Å². The molecule has 0 fully saturated rings. The first-order valence-electron chi connectivity index (χ1n) is 5.98. The smallest absolute Gasteiger partial charge is 0.344 e. The van der Waals surface area contributed by atoms with Crippen LogP contribution in [0.1, 0.15) is 6.92 Å². The van der Waals surface area contributed by atoms with Gasteiger partial charge in [0.2, 0.25) is 0 Å². The monoisotopic (exact) mass is 336 g/mol. The zero-order chi connectivity index (χ0) is 14.5. The minimum Gasteiger partial charge on any atom is -0.479 e. The molecule has 1 N–H and O–H groups in total. The largest absolute Gasteiger partial charge is 0.479 e. The van der Waals surface area contributed by atoms with Gasteiger partial charge in [-0.3, -0.25) is 0 Å². The molecular weight excluding hydrogens is 324 g/mol. The number of benzene rings is 2. The predicted octanol–water partition coefficient (Wildman–Crippen LogP) is 4.09. The molecule has 4 nitrogen and oxygen atoms in total. The summed E-state index contributed by atoms with van der Waals surface area (Å²) in [6.45, 7) is 1.47. The molecule has 0 spiro atoms. The van der Waals surface area contributed by atoms with Gasteiger partial charge in [-0.05, 0) is 43.3 Å². The van der Waals surface area contributed by atoms with Crippen molar-refractivity contribution < 1.29 is 19.4 Å². The number of rotatable bonds is 5. The van der Waals surface area contributed by atoms with Gasteiger partial charge in [-0.2, -0.15) is 0 Å².